The molecule has 1 aromatic rings. The summed E-state index contributed by atoms with van der Waals surface area (Å²) in [6, 6.07) is 0. The zero-order valence-corrected chi connectivity index (χ0v) is 7.11. The number of hydrogen-bond acceptors (Lipinski definition) is 4. The van der Waals surface area contributed by atoms with E-state index < -0.39 is 0 Å². The maximum atomic E-state index is 5.18. The van der Waals surface area contributed by atoms with Crippen molar-refractivity contribution in [3.8, 4) is 0 Å². The van der Waals surface area contributed by atoms with Crippen LogP contribution in [0.15, 0.2) is 4.52 Å². The summed E-state index contributed by atoms with van der Waals surface area (Å²) in [7, 11) is 0. The maximum absolute atomic E-state index is 5.18. The summed E-state index contributed by atoms with van der Waals surface area (Å²) in [4.78, 5) is 4.07. The SMILES string of the molecule is CCCOCc1nc(=S)o[nH]1. The number of aromatic nitrogens is 2. The van der Waals surface area contributed by atoms with Crippen molar-refractivity contribution in [1.29, 1.82) is 0 Å². The Morgan fingerprint density at radius 1 is 1.73 bits per heavy atom. The first-order valence-electron chi connectivity index (χ1n) is 3.45. The molecule has 4 nitrogen and oxygen atoms in total. The van der Waals surface area contributed by atoms with Crippen LogP contribution >= 0.6 is 12.2 Å². The first kappa shape index (κ1) is 8.42. The van der Waals surface area contributed by atoms with Gasteiger partial charge in [-0.2, -0.15) is 4.98 Å². The first-order valence-corrected chi connectivity index (χ1v) is 3.86. The van der Waals surface area contributed by atoms with Gasteiger partial charge in [0, 0.05) is 6.61 Å². The Morgan fingerprint density at radius 3 is 3.09 bits per heavy atom. The lowest BCUT2D eigenvalue weighted by atomic mass is 10.5. The fourth-order valence-corrected chi connectivity index (χ4v) is 0.785. The highest BCUT2D eigenvalue weighted by atomic mass is 32.1. The Hall–Kier alpha value is -0.680. The summed E-state index contributed by atoms with van der Waals surface area (Å²) in [5.41, 5.74) is 0. The molecule has 0 saturated heterocycles. The second-order valence-corrected chi connectivity index (χ2v) is 2.43. The fraction of sp³-hybridized carbons (Fsp3) is 0.667. The molecule has 0 saturated carbocycles. The predicted octanol–water partition coefficient (Wildman–Crippen LogP) is 1.66. The van der Waals surface area contributed by atoms with Crippen LogP contribution in [0, 0.1) is 4.84 Å². The quantitative estimate of drug-likeness (QED) is 0.557. The van der Waals surface area contributed by atoms with Crippen LogP contribution < -0.4 is 0 Å². The van der Waals surface area contributed by atoms with E-state index in [1.54, 1.807) is 0 Å². The third-order valence-electron chi connectivity index (χ3n) is 1.07. The second-order valence-electron chi connectivity index (χ2n) is 2.08. The largest absolute Gasteiger partial charge is 0.373 e. The highest BCUT2D eigenvalue weighted by Crippen LogP contribution is 1.94. The molecule has 0 aliphatic heterocycles. The topological polar surface area (TPSA) is 51.1 Å². The summed E-state index contributed by atoms with van der Waals surface area (Å²) < 4.78 is 9.88. The summed E-state index contributed by atoms with van der Waals surface area (Å²) in [6.45, 7) is 3.21. The molecule has 5 heteroatoms. The van der Waals surface area contributed by atoms with Gasteiger partial charge in [-0.15, -0.1) is 0 Å². The summed E-state index contributed by atoms with van der Waals surface area (Å²) in [5, 5.41) is 2.55. The zero-order valence-electron chi connectivity index (χ0n) is 6.29. The molecule has 0 aliphatic carbocycles. The van der Waals surface area contributed by atoms with Gasteiger partial charge in [0.1, 0.15) is 6.61 Å². The highest BCUT2D eigenvalue weighted by Gasteiger charge is 1.96. The lowest BCUT2D eigenvalue weighted by molar-refractivity contribution is 0.114. The van der Waals surface area contributed by atoms with Gasteiger partial charge < -0.3 is 9.26 Å². The van der Waals surface area contributed by atoms with Crippen LogP contribution in [0.1, 0.15) is 19.2 Å². The van der Waals surface area contributed by atoms with Crippen LogP contribution in [-0.2, 0) is 11.3 Å². The molecular weight excluding hydrogens is 164 g/mol. The van der Waals surface area contributed by atoms with E-state index in [1.165, 1.54) is 0 Å². The summed E-state index contributed by atoms with van der Waals surface area (Å²) >= 11 is 4.65. The van der Waals surface area contributed by atoms with Crippen LogP contribution in [0.4, 0.5) is 0 Å². The van der Waals surface area contributed by atoms with E-state index in [0.717, 1.165) is 13.0 Å². The van der Waals surface area contributed by atoms with Crippen molar-refractivity contribution in [2.24, 2.45) is 0 Å². The summed E-state index contributed by atoms with van der Waals surface area (Å²) in [6.07, 6.45) is 0.999. The number of hydrogen-bond donors (Lipinski definition) is 1. The molecule has 0 bridgehead atoms. The van der Waals surface area contributed by atoms with E-state index in [2.05, 4.69) is 22.4 Å². The van der Waals surface area contributed by atoms with E-state index in [1.807, 2.05) is 6.92 Å². The Bertz CT molecular complexity index is 255. The molecule has 0 unspecified atom stereocenters. The van der Waals surface area contributed by atoms with Gasteiger partial charge in [-0.1, -0.05) is 6.92 Å². The molecular formula is C6H10N2O2S. The van der Waals surface area contributed by atoms with Gasteiger partial charge in [0.2, 0.25) is 0 Å². The molecule has 0 aliphatic rings. The van der Waals surface area contributed by atoms with Crippen LogP contribution in [0.5, 0.6) is 0 Å². The molecule has 62 valence electrons. The van der Waals surface area contributed by atoms with Gasteiger partial charge in [-0.05, 0) is 18.6 Å². The third kappa shape index (κ3) is 2.81. The molecule has 1 aromatic heterocycles. The minimum Gasteiger partial charge on any atom is -0.373 e. The van der Waals surface area contributed by atoms with E-state index in [-0.39, 0.29) is 4.84 Å². The fourth-order valence-electron chi connectivity index (χ4n) is 0.633. The molecule has 0 spiro atoms. The standard InChI is InChI=1S/C6H10N2O2S/c1-2-3-9-4-5-7-6(11)10-8-5/h2-4H2,1H3,(H,7,8,11). The van der Waals surface area contributed by atoms with Crippen molar-refractivity contribution in [2.75, 3.05) is 6.61 Å². The van der Waals surface area contributed by atoms with Crippen LogP contribution in [0.2, 0.25) is 0 Å². The second kappa shape index (κ2) is 4.25. The normalized spacial score (nSPS) is 10.3. The van der Waals surface area contributed by atoms with Crippen molar-refractivity contribution < 1.29 is 9.26 Å². The average Bonchev–Trinajstić information content (AvgIpc) is 2.37. The number of H-pyrrole nitrogens is 1. The van der Waals surface area contributed by atoms with Crippen LogP contribution in [0.25, 0.3) is 0 Å². The molecule has 0 radical (unpaired) electrons. The van der Waals surface area contributed by atoms with Crippen molar-refractivity contribution in [3.05, 3.63) is 10.7 Å². The monoisotopic (exact) mass is 174 g/mol. The lowest BCUT2D eigenvalue weighted by Gasteiger charge is -1.95. The number of nitrogens with one attached hydrogen (secondary N) is 1. The van der Waals surface area contributed by atoms with Crippen molar-refractivity contribution in [2.45, 2.75) is 20.0 Å². The van der Waals surface area contributed by atoms with Gasteiger partial charge in [-0.3, -0.25) is 0 Å². The molecule has 1 N–H and O–H groups in total. The number of nitrogens with zero attached hydrogens (tertiary/aromatic N) is 1. The van der Waals surface area contributed by atoms with Crippen molar-refractivity contribution in [3.63, 3.8) is 0 Å². The van der Waals surface area contributed by atoms with E-state index in [4.69, 9.17) is 9.26 Å². The Morgan fingerprint density at radius 2 is 2.55 bits per heavy atom. The third-order valence-corrected chi connectivity index (χ3v) is 1.24. The van der Waals surface area contributed by atoms with E-state index in [9.17, 15) is 0 Å². The number of aromatic amines is 1. The van der Waals surface area contributed by atoms with Gasteiger partial charge >= 0.3 is 4.84 Å². The van der Waals surface area contributed by atoms with Gasteiger partial charge in [0.15, 0.2) is 5.82 Å². The molecule has 11 heavy (non-hydrogen) atoms. The van der Waals surface area contributed by atoms with Crippen LogP contribution in [0.3, 0.4) is 0 Å². The lowest BCUT2D eigenvalue weighted by Crippen LogP contribution is -1.95. The van der Waals surface area contributed by atoms with Gasteiger partial charge in [0.25, 0.3) is 0 Å². The van der Waals surface area contributed by atoms with Gasteiger partial charge in [-0.25, -0.2) is 5.16 Å². The Kier molecular flexibility index (Phi) is 3.25. The molecule has 0 fully saturated rings. The number of rotatable bonds is 4. The van der Waals surface area contributed by atoms with Crippen molar-refractivity contribution >= 4 is 12.2 Å². The molecule has 0 atom stereocenters. The van der Waals surface area contributed by atoms with E-state index >= 15 is 0 Å². The maximum Gasteiger partial charge on any atom is 0.314 e. The minimum atomic E-state index is 0.222. The Labute approximate surface area is 69.5 Å². The smallest absolute Gasteiger partial charge is 0.314 e. The van der Waals surface area contributed by atoms with Crippen molar-refractivity contribution in [1.82, 2.24) is 10.1 Å². The molecule has 1 rings (SSSR count). The minimum absolute atomic E-state index is 0.222. The molecule has 1 heterocycles. The summed E-state index contributed by atoms with van der Waals surface area (Å²) in [5.74, 6) is 0.642. The highest BCUT2D eigenvalue weighted by molar-refractivity contribution is 7.71. The number of ether oxygens (including phenoxy) is 1. The van der Waals surface area contributed by atoms with Gasteiger partial charge in [0.05, 0.1) is 0 Å². The molecule has 0 aromatic carbocycles. The van der Waals surface area contributed by atoms with Crippen LogP contribution in [-0.4, -0.2) is 16.7 Å². The Balaban J connectivity index is 2.33. The average molecular weight is 174 g/mol. The van der Waals surface area contributed by atoms with E-state index in [0.29, 0.717) is 12.4 Å². The molecule has 0 amide bonds. The zero-order chi connectivity index (χ0) is 8.10. The first-order chi connectivity index (χ1) is 5.33. The predicted molar refractivity (Wildman–Crippen MR) is 41.6 cm³/mol.